The molecule has 2 N–H and O–H groups in total. The molecule has 3 rings (SSSR count). The van der Waals surface area contributed by atoms with Crippen LogP contribution in [0, 0.1) is 0 Å². The quantitative estimate of drug-likeness (QED) is 0.706. The summed E-state index contributed by atoms with van der Waals surface area (Å²) in [7, 11) is 0. The molecule has 1 aromatic carbocycles. The maximum absolute atomic E-state index is 11.7. The number of carbonyl (C=O) groups is 1. The van der Waals surface area contributed by atoms with Gasteiger partial charge in [-0.3, -0.25) is 4.79 Å². The van der Waals surface area contributed by atoms with Crippen molar-refractivity contribution in [3.05, 3.63) is 40.2 Å². The van der Waals surface area contributed by atoms with Crippen molar-refractivity contribution >= 4 is 23.2 Å². The predicted molar refractivity (Wildman–Crippen MR) is 58.8 cm³/mol. The van der Waals surface area contributed by atoms with E-state index in [1.165, 1.54) is 5.57 Å². The standard InChI is InChI=1S/C11H9ClN2O/c12-7-3-4-9-8(5-7)11(15)14-10(13-9)6-1-2-6/h3-5,13H,1-2H2,(H,14,15). The number of hydrogen-bond donors (Lipinski definition) is 2. The van der Waals surface area contributed by atoms with Crippen molar-refractivity contribution in [2.24, 2.45) is 0 Å². The summed E-state index contributed by atoms with van der Waals surface area (Å²) in [6, 6.07) is 5.29. The van der Waals surface area contributed by atoms with Gasteiger partial charge in [-0.15, -0.1) is 0 Å². The molecule has 3 nitrogen and oxygen atoms in total. The van der Waals surface area contributed by atoms with Crippen molar-refractivity contribution in [2.45, 2.75) is 12.8 Å². The van der Waals surface area contributed by atoms with E-state index >= 15 is 0 Å². The van der Waals surface area contributed by atoms with E-state index in [9.17, 15) is 4.79 Å². The third-order valence-electron chi connectivity index (χ3n) is 2.58. The fraction of sp³-hybridized carbons (Fsp3) is 0.182. The summed E-state index contributed by atoms with van der Waals surface area (Å²) >= 11 is 5.83. The Kier molecular flexibility index (Phi) is 1.76. The Morgan fingerprint density at radius 2 is 2.00 bits per heavy atom. The third kappa shape index (κ3) is 1.49. The fourth-order valence-electron chi connectivity index (χ4n) is 1.65. The number of nitrogens with one attached hydrogen (secondary N) is 2. The Morgan fingerprint density at radius 1 is 1.20 bits per heavy atom. The average Bonchev–Trinajstić information content (AvgIpc) is 3.02. The normalized spacial score (nSPS) is 18.1. The van der Waals surface area contributed by atoms with Gasteiger partial charge in [0.25, 0.3) is 5.91 Å². The topological polar surface area (TPSA) is 41.1 Å². The van der Waals surface area contributed by atoms with Crippen LogP contribution in [0.25, 0.3) is 0 Å². The molecule has 1 aliphatic heterocycles. The molecule has 0 spiro atoms. The number of benzene rings is 1. The number of halogens is 1. The highest BCUT2D eigenvalue weighted by Gasteiger charge is 2.25. The molecule has 76 valence electrons. The number of fused-ring (bicyclic) bond motifs is 1. The van der Waals surface area contributed by atoms with E-state index in [0.717, 1.165) is 24.4 Å². The highest BCUT2D eigenvalue weighted by molar-refractivity contribution is 6.31. The van der Waals surface area contributed by atoms with E-state index in [1.807, 2.05) is 6.07 Å². The predicted octanol–water partition coefficient (Wildman–Crippen LogP) is 2.50. The summed E-state index contributed by atoms with van der Waals surface area (Å²) in [5.74, 6) is 0.774. The lowest BCUT2D eigenvalue weighted by Crippen LogP contribution is -2.32. The second-order valence-electron chi connectivity index (χ2n) is 3.75. The second-order valence-corrected chi connectivity index (χ2v) is 4.18. The van der Waals surface area contributed by atoms with Crippen molar-refractivity contribution < 1.29 is 4.79 Å². The van der Waals surface area contributed by atoms with Gasteiger partial charge in [-0.05, 0) is 36.6 Å². The minimum atomic E-state index is -0.0827. The number of rotatable bonds is 0. The molecule has 1 amide bonds. The summed E-state index contributed by atoms with van der Waals surface area (Å²) < 4.78 is 0. The van der Waals surface area contributed by atoms with E-state index in [4.69, 9.17) is 11.6 Å². The lowest BCUT2D eigenvalue weighted by atomic mass is 10.1. The largest absolute Gasteiger partial charge is 0.341 e. The van der Waals surface area contributed by atoms with E-state index in [2.05, 4.69) is 10.6 Å². The lowest BCUT2D eigenvalue weighted by molar-refractivity contribution is 0.0963. The SMILES string of the molecule is O=C1NC(=C2CC2)Nc2ccc(Cl)cc21. The highest BCUT2D eigenvalue weighted by atomic mass is 35.5. The van der Waals surface area contributed by atoms with Crippen LogP contribution >= 0.6 is 11.6 Å². The first kappa shape index (κ1) is 8.80. The second kappa shape index (κ2) is 3.00. The molecule has 1 aromatic rings. The molecule has 1 heterocycles. The van der Waals surface area contributed by atoms with Crippen LogP contribution in [0.1, 0.15) is 23.2 Å². The number of allylic oxidation sites excluding steroid dienone is 1. The summed E-state index contributed by atoms with van der Waals surface area (Å²) in [4.78, 5) is 11.7. The molecule has 1 saturated carbocycles. The molecule has 1 fully saturated rings. The fourth-order valence-corrected chi connectivity index (χ4v) is 1.82. The van der Waals surface area contributed by atoms with Crippen LogP contribution in [0.15, 0.2) is 29.6 Å². The minimum absolute atomic E-state index is 0.0827. The van der Waals surface area contributed by atoms with Crippen molar-refractivity contribution in [3.8, 4) is 0 Å². The number of anilines is 1. The minimum Gasteiger partial charge on any atom is -0.341 e. The van der Waals surface area contributed by atoms with Crippen LogP contribution in [-0.2, 0) is 0 Å². The summed E-state index contributed by atoms with van der Waals surface area (Å²) in [6.45, 7) is 0. The van der Waals surface area contributed by atoms with Gasteiger partial charge in [0.05, 0.1) is 11.3 Å². The number of amides is 1. The zero-order valence-electron chi connectivity index (χ0n) is 7.93. The first-order valence-corrected chi connectivity index (χ1v) is 5.22. The molecule has 0 saturated heterocycles. The maximum atomic E-state index is 11.7. The van der Waals surface area contributed by atoms with Crippen LogP contribution < -0.4 is 10.6 Å². The highest BCUT2D eigenvalue weighted by Crippen LogP contribution is 2.34. The zero-order chi connectivity index (χ0) is 10.4. The van der Waals surface area contributed by atoms with Crippen molar-refractivity contribution in [3.63, 3.8) is 0 Å². The number of carbonyl (C=O) groups excluding carboxylic acids is 1. The first-order valence-electron chi connectivity index (χ1n) is 4.84. The van der Waals surface area contributed by atoms with Gasteiger partial charge in [-0.25, -0.2) is 0 Å². The van der Waals surface area contributed by atoms with Crippen LogP contribution in [0.3, 0.4) is 0 Å². The van der Waals surface area contributed by atoms with Gasteiger partial charge in [0, 0.05) is 5.02 Å². The van der Waals surface area contributed by atoms with E-state index in [-0.39, 0.29) is 5.91 Å². The van der Waals surface area contributed by atoms with Gasteiger partial charge in [0.1, 0.15) is 5.82 Å². The Hall–Kier alpha value is -1.48. The molecule has 0 aromatic heterocycles. The van der Waals surface area contributed by atoms with Gasteiger partial charge in [-0.2, -0.15) is 0 Å². The van der Waals surface area contributed by atoms with Gasteiger partial charge in [0.15, 0.2) is 0 Å². The molecule has 0 atom stereocenters. The van der Waals surface area contributed by atoms with Crippen molar-refractivity contribution in [2.75, 3.05) is 5.32 Å². The van der Waals surface area contributed by atoms with Gasteiger partial charge in [0.2, 0.25) is 0 Å². The molecule has 1 aliphatic carbocycles. The summed E-state index contributed by atoms with van der Waals surface area (Å²) in [6.07, 6.45) is 2.15. The molecule has 0 unspecified atom stereocenters. The van der Waals surface area contributed by atoms with Crippen molar-refractivity contribution in [1.29, 1.82) is 0 Å². The van der Waals surface area contributed by atoms with E-state index in [0.29, 0.717) is 10.6 Å². The van der Waals surface area contributed by atoms with Gasteiger partial charge in [-0.1, -0.05) is 11.6 Å². The summed E-state index contributed by atoms with van der Waals surface area (Å²) in [5.41, 5.74) is 2.72. The monoisotopic (exact) mass is 220 g/mol. The van der Waals surface area contributed by atoms with Crippen LogP contribution in [0.2, 0.25) is 5.02 Å². The van der Waals surface area contributed by atoms with Crippen LogP contribution in [0.5, 0.6) is 0 Å². The third-order valence-corrected chi connectivity index (χ3v) is 2.81. The Labute approximate surface area is 92.1 Å². The molecule has 2 aliphatic rings. The first-order chi connectivity index (χ1) is 7.24. The molecule has 0 radical (unpaired) electrons. The average molecular weight is 221 g/mol. The van der Waals surface area contributed by atoms with E-state index in [1.54, 1.807) is 12.1 Å². The Bertz CT molecular complexity index is 487. The molecular weight excluding hydrogens is 212 g/mol. The molecule has 15 heavy (non-hydrogen) atoms. The van der Waals surface area contributed by atoms with Crippen LogP contribution in [0.4, 0.5) is 5.69 Å². The zero-order valence-corrected chi connectivity index (χ0v) is 8.69. The Balaban J connectivity index is 2.08. The smallest absolute Gasteiger partial charge is 0.258 e. The summed E-state index contributed by atoms with van der Waals surface area (Å²) in [5, 5.41) is 6.62. The van der Waals surface area contributed by atoms with Crippen molar-refractivity contribution in [1.82, 2.24) is 5.32 Å². The van der Waals surface area contributed by atoms with Gasteiger partial charge < -0.3 is 10.6 Å². The van der Waals surface area contributed by atoms with E-state index < -0.39 is 0 Å². The maximum Gasteiger partial charge on any atom is 0.258 e. The van der Waals surface area contributed by atoms with Gasteiger partial charge >= 0.3 is 0 Å². The van der Waals surface area contributed by atoms with Crippen LogP contribution in [-0.4, -0.2) is 5.91 Å². The Morgan fingerprint density at radius 3 is 2.73 bits per heavy atom. The molecular formula is C11H9ClN2O. The number of hydrogen-bond acceptors (Lipinski definition) is 2. The molecule has 0 bridgehead atoms. The lowest BCUT2D eigenvalue weighted by Gasteiger charge is -2.21. The molecule has 4 heteroatoms.